The molecule has 0 saturated heterocycles. The summed E-state index contributed by atoms with van der Waals surface area (Å²) >= 11 is 1.47. The molecule has 0 radical (unpaired) electrons. The summed E-state index contributed by atoms with van der Waals surface area (Å²) < 4.78 is 4.15. The Balaban J connectivity index is 2.17. The zero-order valence-corrected chi connectivity index (χ0v) is 13.2. The lowest BCUT2D eigenvalue weighted by atomic mass is 9.96. The molecule has 108 valence electrons. The van der Waals surface area contributed by atoms with Crippen LogP contribution >= 0.6 is 11.5 Å². The predicted octanol–water partition coefficient (Wildman–Crippen LogP) is 3.52. The normalized spacial score (nSPS) is 13.0. The van der Waals surface area contributed by atoms with Crippen molar-refractivity contribution in [1.29, 1.82) is 0 Å². The van der Waals surface area contributed by atoms with Gasteiger partial charge in [0.05, 0.1) is 16.6 Å². The molecule has 0 spiro atoms. The second-order valence-electron chi connectivity index (χ2n) is 5.34. The Morgan fingerprint density at radius 1 is 1.19 bits per heavy atom. The van der Waals surface area contributed by atoms with Crippen molar-refractivity contribution in [2.75, 3.05) is 7.05 Å². The number of aromatic nitrogens is 3. The summed E-state index contributed by atoms with van der Waals surface area (Å²) in [4.78, 5) is 5.46. The average Bonchev–Trinajstić information content (AvgIpc) is 2.98. The number of fused-ring (bicyclic) bond motifs is 1. The molecule has 2 heterocycles. The first-order chi connectivity index (χ1) is 10.2. The fraction of sp³-hybridized carbons (Fsp3) is 0.312. The third-order valence-corrected chi connectivity index (χ3v) is 4.47. The first-order valence-corrected chi connectivity index (χ1v) is 7.81. The molecule has 0 saturated carbocycles. The highest BCUT2D eigenvalue weighted by Crippen LogP contribution is 2.33. The maximum Gasteiger partial charge on any atom is 0.0832 e. The van der Waals surface area contributed by atoms with Crippen molar-refractivity contribution >= 4 is 22.3 Å². The molecule has 5 heteroatoms. The smallest absolute Gasteiger partial charge is 0.0832 e. The lowest BCUT2D eigenvalue weighted by molar-refractivity contribution is 0.683. The van der Waals surface area contributed by atoms with Crippen molar-refractivity contribution in [3.05, 3.63) is 52.8 Å². The second kappa shape index (κ2) is 5.87. The minimum absolute atomic E-state index is 0.0929. The Kier molecular flexibility index (Phi) is 3.94. The van der Waals surface area contributed by atoms with Crippen LogP contribution < -0.4 is 5.32 Å². The van der Waals surface area contributed by atoms with E-state index < -0.39 is 0 Å². The van der Waals surface area contributed by atoms with Gasteiger partial charge in [0.2, 0.25) is 0 Å². The summed E-state index contributed by atoms with van der Waals surface area (Å²) in [6.45, 7) is 4.30. The van der Waals surface area contributed by atoms with Gasteiger partial charge in [-0.1, -0.05) is 36.5 Å². The molecule has 3 aromatic rings. The molecule has 0 aliphatic rings. The van der Waals surface area contributed by atoms with E-state index in [1.807, 2.05) is 25.5 Å². The van der Waals surface area contributed by atoms with Gasteiger partial charge in [0.1, 0.15) is 0 Å². The van der Waals surface area contributed by atoms with Crippen molar-refractivity contribution in [1.82, 2.24) is 19.9 Å². The van der Waals surface area contributed by atoms with E-state index in [-0.39, 0.29) is 6.04 Å². The lowest BCUT2D eigenvalue weighted by Gasteiger charge is -2.18. The Hall–Kier alpha value is -1.85. The van der Waals surface area contributed by atoms with Gasteiger partial charge in [-0.2, -0.15) is 0 Å². The van der Waals surface area contributed by atoms with Crippen molar-refractivity contribution in [3.63, 3.8) is 0 Å². The summed E-state index contributed by atoms with van der Waals surface area (Å²) in [7, 11) is 1.98. The van der Waals surface area contributed by atoms with Gasteiger partial charge in [0, 0.05) is 17.8 Å². The molecule has 1 unspecified atom stereocenters. The molecule has 2 aromatic heterocycles. The van der Waals surface area contributed by atoms with Gasteiger partial charge >= 0.3 is 0 Å². The van der Waals surface area contributed by atoms with E-state index in [0.717, 1.165) is 5.69 Å². The molecule has 0 bridgehead atoms. The van der Waals surface area contributed by atoms with Crippen molar-refractivity contribution in [3.8, 4) is 0 Å². The van der Waals surface area contributed by atoms with E-state index >= 15 is 0 Å². The van der Waals surface area contributed by atoms with Crippen molar-refractivity contribution in [2.24, 2.45) is 0 Å². The summed E-state index contributed by atoms with van der Waals surface area (Å²) in [5, 5.41) is 10.1. The molecule has 1 N–H and O–H groups in total. The summed E-state index contributed by atoms with van der Waals surface area (Å²) in [5.74, 6) is 0.364. The Labute approximate surface area is 128 Å². The average molecular weight is 298 g/mol. The standard InChI is InChI=1S/C16H18N4S/c1-10(2)14-16(21-20-19-14)15(17-3)12-6-4-5-11-7-8-18-9-13(11)12/h4-10,15,17H,1-3H3. The number of hydrogen-bond donors (Lipinski definition) is 1. The van der Waals surface area contributed by atoms with Crippen LogP contribution in [0.1, 0.15) is 41.9 Å². The summed E-state index contributed by atoms with van der Waals surface area (Å²) in [5.41, 5.74) is 2.29. The molecular weight excluding hydrogens is 280 g/mol. The van der Waals surface area contributed by atoms with Gasteiger partial charge in [-0.25, -0.2) is 0 Å². The molecule has 4 nitrogen and oxygen atoms in total. The van der Waals surface area contributed by atoms with Crippen LogP contribution in [0.15, 0.2) is 36.7 Å². The minimum Gasteiger partial charge on any atom is -0.309 e. The minimum atomic E-state index is 0.0929. The van der Waals surface area contributed by atoms with Gasteiger partial charge < -0.3 is 5.32 Å². The Morgan fingerprint density at radius 2 is 2.05 bits per heavy atom. The van der Waals surface area contributed by atoms with Crippen LogP contribution in [-0.4, -0.2) is 21.6 Å². The number of benzene rings is 1. The number of hydrogen-bond acceptors (Lipinski definition) is 5. The van der Waals surface area contributed by atoms with Crippen LogP contribution in [0.3, 0.4) is 0 Å². The third-order valence-electron chi connectivity index (χ3n) is 3.67. The molecule has 0 aliphatic heterocycles. The van der Waals surface area contributed by atoms with Crippen LogP contribution in [0, 0.1) is 0 Å². The van der Waals surface area contributed by atoms with E-state index in [0.29, 0.717) is 5.92 Å². The lowest BCUT2D eigenvalue weighted by Crippen LogP contribution is -2.18. The molecular formula is C16H18N4S. The van der Waals surface area contributed by atoms with Crippen molar-refractivity contribution in [2.45, 2.75) is 25.8 Å². The number of pyridine rings is 1. The number of nitrogens with zero attached hydrogens (tertiary/aromatic N) is 3. The number of rotatable bonds is 4. The van der Waals surface area contributed by atoms with Gasteiger partial charge in [-0.15, -0.1) is 5.10 Å². The monoisotopic (exact) mass is 298 g/mol. The highest BCUT2D eigenvalue weighted by atomic mass is 32.1. The molecule has 21 heavy (non-hydrogen) atoms. The molecule has 0 aliphatic carbocycles. The van der Waals surface area contributed by atoms with E-state index in [9.17, 15) is 0 Å². The molecule has 1 atom stereocenters. The molecule has 0 fully saturated rings. The van der Waals surface area contributed by atoms with Crippen LogP contribution in [0.5, 0.6) is 0 Å². The fourth-order valence-electron chi connectivity index (χ4n) is 2.62. The van der Waals surface area contributed by atoms with E-state index in [4.69, 9.17) is 0 Å². The highest BCUT2D eigenvalue weighted by Gasteiger charge is 2.22. The third kappa shape index (κ3) is 2.54. The zero-order chi connectivity index (χ0) is 14.8. The molecule has 1 aromatic carbocycles. The quantitative estimate of drug-likeness (QED) is 0.800. The van der Waals surface area contributed by atoms with Crippen molar-refractivity contribution < 1.29 is 0 Å². The zero-order valence-electron chi connectivity index (χ0n) is 12.4. The maximum atomic E-state index is 4.30. The maximum absolute atomic E-state index is 4.30. The Morgan fingerprint density at radius 3 is 2.81 bits per heavy atom. The fourth-order valence-corrected chi connectivity index (χ4v) is 3.56. The molecule has 0 amide bonds. The highest BCUT2D eigenvalue weighted by molar-refractivity contribution is 7.05. The van der Waals surface area contributed by atoms with Gasteiger partial charge in [-0.3, -0.25) is 4.98 Å². The predicted molar refractivity (Wildman–Crippen MR) is 86.6 cm³/mol. The largest absolute Gasteiger partial charge is 0.309 e. The van der Waals surface area contributed by atoms with Gasteiger partial charge in [-0.05, 0) is 41.5 Å². The molecule has 3 rings (SSSR count). The van der Waals surface area contributed by atoms with Crippen LogP contribution in [0.25, 0.3) is 10.8 Å². The second-order valence-corrected chi connectivity index (χ2v) is 6.13. The summed E-state index contributed by atoms with van der Waals surface area (Å²) in [6.07, 6.45) is 3.76. The van der Waals surface area contributed by atoms with Gasteiger partial charge in [0.15, 0.2) is 0 Å². The Bertz CT molecular complexity index is 745. The first kappa shape index (κ1) is 14.1. The van der Waals surface area contributed by atoms with Gasteiger partial charge in [0.25, 0.3) is 0 Å². The van der Waals surface area contributed by atoms with E-state index in [1.165, 1.54) is 32.7 Å². The topological polar surface area (TPSA) is 50.7 Å². The first-order valence-electron chi connectivity index (χ1n) is 7.04. The van der Waals surface area contributed by atoms with E-state index in [2.05, 4.69) is 51.9 Å². The van der Waals surface area contributed by atoms with E-state index in [1.54, 1.807) is 0 Å². The van der Waals surface area contributed by atoms with Crippen LogP contribution in [0.2, 0.25) is 0 Å². The van der Waals surface area contributed by atoms with Crippen LogP contribution in [-0.2, 0) is 0 Å². The summed E-state index contributed by atoms with van der Waals surface area (Å²) in [6, 6.07) is 8.48. The number of nitrogens with one attached hydrogen (secondary N) is 1. The SMILES string of the molecule is CNC(c1snnc1C(C)C)c1cccc2ccncc12. The van der Waals surface area contributed by atoms with Crippen LogP contribution in [0.4, 0.5) is 0 Å².